The SMILES string of the molecule is O=C(c1cc(F)ccc1-c1ncccn1)N1C[C@H]2CC[C@H]1[C@H](Oc1ccc(C(F)(F)F)cn1)C2. The Bertz CT molecular complexity index is 1190. The number of benzene rings is 1. The van der Waals surface area contributed by atoms with Gasteiger partial charge in [-0.15, -0.1) is 0 Å². The molecule has 1 saturated carbocycles. The van der Waals surface area contributed by atoms with E-state index in [1.54, 1.807) is 23.4 Å². The second-order valence-corrected chi connectivity index (χ2v) is 8.51. The van der Waals surface area contributed by atoms with E-state index in [1.807, 2.05) is 0 Å². The van der Waals surface area contributed by atoms with E-state index >= 15 is 0 Å². The minimum absolute atomic E-state index is 0.0714. The molecule has 3 aromatic rings. The third-order valence-electron chi connectivity index (χ3n) is 6.34. The molecule has 2 bridgehead atoms. The first-order chi connectivity index (χ1) is 16.3. The lowest BCUT2D eigenvalue weighted by atomic mass is 9.77. The molecule has 10 heteroatoms. The molecule has 4 heterocycles. The van der Waals surface area contributed by atoms with Crippen molar-refractivity contribution >= 4 is 5.91 Å². The molecular formula is C24H20F4N4O2. The van der Waals surface area contributed by atoms with Gasteiger partial charge in [-0.25, -0.2) is 19.3 Å². The number of ether oxygens (including phenoxy) is 1. The lowest BCUT2D eigenvalue weighted by Gasteiger charge is -2.49. The molecular weight excluding hydrogens is 452 g/mol. The first-order valence-electron chi connectivity index (χ1n) is 10.9. The number of piperidine rings is 2. The number of fused-ring (bicyclic) bond motifs is 3. The van der Waals surface area contributed by atoms with Gasteiger partial charge in [0.2, 0.25) is 5.88 Å². The molecule has 6 rings (SSSR count). The van der Waals surface area contributed by atoms with Crippen LogP contribution in [0.4, 0.5) is 17.6 Å². The maximum atomic E-state index is 14.1. The van der Waals surface area contributed by atoms with Crippen molar-refractivity contribution in [1.29, 1.82) is 0 Å². The Morgan fingerprint density at radius 2 is 1.85 bits per heavy atom. The van der Waals surface area contributed by atoms with E-state index < -0.39 is 23.7 Å². The molecule has 3 atom stereocenters. The Hall–Kier alpha value is -3.56. The number of carbonyl (C=O) groups is 1. The van der Waals surface area contributed by atoms with Crippen LogP contribution in [-0.2, 0) is 6.18 Å². The highest BCUT2D eigenvalue weighted by Crippen LogP contribution is 2.39. The molecule has 0 radical (unpaired) electrons. The predicted octanol–water partition coefficient (Wildman–Crippen LogP) is 4.77. The summed E-state index contributed by atoms with van der Waals surface area (Å²) in [7, 11) is 0. The Balaban J connectivity index is 1.40. The summed E-state index contributed by atoms with van der Waals surface area (Å²) in [6.45, 7) is 0.495. The van der Waals surface area contributed by atoms with E-state index in [1.165, 1.54) is 24.3 Å². The van der Waals surface area contributed by atoms with Crippen molar-refractivity contribution < 1.29 is 27.1 Å². The number of nitrogens with zero attached hydrogens (tertiary/aromatic N) is 4. The first kappa shape index (κ1) is 22.2. The summed E-state index contributed by atoms with van der Waals surface area (Å²) < 4.78 is 58.6. The van der Waals surface area contributed by atoms with Crippen LogP contribution < -0.4 is 4.74 Å². The van der Waals surface area contributed by atoms with Gasteiger partial charge in [0.15, 0.2) is 5.82 Å². The summed E-state index contributed by atoms with van der Waals surface area (Å²) in [5.74, 6) is -0.354. The maximum absolute atomic E-state index is 14.1. The molecule has 0 N–H and O–H groups in total. The van der Waals surface area contributed by atoms with E-state index in [4.69, 9.17) is 4.74 Å². The monoisotopic (exact) mass is 472 g/mol. The van der Waals surface area contributed by atoms with Crippen molar-refractivity contribution in [2.75, 3.05) is 6.54 Å². The number of carbonyl (C=O) groups excluding carboxylic acids is 1. The number of rotatable bonds is 4. The van der Waals surface area contributed by atoms with Gasteiger partial charge in [-0.2, -0.15) is 13.2 Å². The highest BCUT2D eigenvalue weighted by Gasteiger charge is 2.45. The molecule has 176 valence electrons. The van der Waals surface area contributed by atoms with Gasteiger partial charge < -0.3 is 9.64 Å². The number of hydrogen-bond donors (Lipinski definition) is 0. The van der Waals surface area contributed by atoms with Gasteiger partial charge in [-0.3, -0.25) is 4.79 Å². The summed E-state index contributed by atoms with van der Waals surface area (Å²) in [4.78, 5) is 27.5. The van der Waals surface area contributed by atoms with E-state index in [9.17, 15) is 22.4 Å². The topological polar surface area (TPSA) is 68.2 Å². The number of amides is 1. The second kappa shape index (κ2) is 8.66. The molecule has 2 saturated heterocycles. The van der Waals surface area contributed by atoms with Gasteiger partial charge in [0.1, 0.15) is 11.9 Å². The van der Waals surface area contributed by atoms with Crippen LogP contribution >= 0.6 is 0 Å². The van der Waals surface area contributed by atoms with Crippen LogP contribution in [0.2, 0.25) is 0 Å². The molecule has 1 aliphatic carbocycles. The number of hydrogen-bond acceptors (Lipinski definition) is 5. The van der Waals surface area contributed by atoms with Gasteiger partial charge in [-0.1, -0.05) is 0 Å². The van der Waals surface area contributed by atoms with Crippen LogP contribution in [0.15, 0.2) is 55.0 Å². The highest BCUT2D eigenvalue weighted by atomic mass is 19.4. The van der Waals surface area contributed by atoms with Crippen LogP contribution in [-0.4, -0.2) is 44.4 Å². The quantitative estimate of drug-likeness (QED) is 0.512. The van der Waals surface area contributed by atoms with Crippen molar-refractivity contribution in [2.24, 2.45) is 5.92 Å². The van der Waals surface area contributed by atoms with Gasteiger partial charge in [0.25, 0.3) is 5.91 Å². The minimum Gasteiger partial charge on any atom is -0.472 e. The summed E-state index contributed by atoms with van der Waals surface area (Å²) in [6, 6.07) is 7.38. The molecule has 0 unspecified atom stereocenters. The third-order valence-corrected chi connectivity index (χ3v) is 6.34. The lowest BCUT2D eigenvalue weighted by molar-refractivity contribution is -0.137. The maximum Gasteiger partial charge on any atom is 0.417 e. The molecule has 0 spiro atoms. The fraction of sp³-hybridized carbons (Fsp3) is 0.333. The van der Waals surface area contributed by atoms with Crippen molar-refractivity contribution in [3.63, 3.8) is 0 Å². The van der Waals surface area contributed by atoms with E-state index in [-0.39, 0.29) is 29.3 Å². The largest absolute Gasteiger partial charge is 0.472 e. The molecule has 1 amide bonds. The van der Waals surface area contributed by atoms with Crippen LogP contribution in [0, 0.1) is 11.7 Å². The zero-order valence-corrected chi connectivity index (χ0v) is 17.9. The van der Waals surface area contributed by atoms with Gasteiger partial charge in [-0.05, 0) is 55.5 Å². The van der Waals surface area contributed by atoms with Crippen LogP contribution in [0.3, 0.4) is 0 Å². The second-order valence-electron chi connectivity index (χ2n) is 8.51. The summed E-state index contributed by atoms with van der Waals surface area (Å²) in [5, 5.41) is 0. The van der Waals surface area contributed by atoms with Crippen molar-refractivity contribution in [3.8, 4) is 17.3 Å². The summed E-state index contributed by atoms with van der Waals surface area (Å²) in [5.41, 5.74) is -0.274. The zero-order chi connectivity index (χ0) is 23.9. The fourth-order valence-electron chi connectivity index (χ4n) is 4.75. The van der Waals surface area contributed by atoms with Crippen LogP contribution in [0.5, 0.6) is 5.88 Å². The molecule has 3 aliphatic rings. The average molecular weight is 472 g/mol. The molecule has 34 heavy (non-hydrogen) atoms. The Labute approximate surface area is 192 Å². The fourth-order valence-corrected chi connectivity index (χ4v) is 4.75. The van der Waals surface area contributed by atoms with Gasteiger partial charge >= 0.3 is 6.18 Å². The van der Waals surface area contributed by atoms with E-state index in [2.05, 4.69) is 15.0 Å². The molecule has 2 aromatic heterocycles. The third kappa shape index (κ3) is 4.32. The standard InChI is InChI=1S/C24H20F4N4O2/c25-16-4-5-17(22-29-8-1-9-30-22)18(11-16)23(33)32-13-14-2-6-19(32)20(10-14)34-21-7-3-15(12-31-21)24(26,27)28/h1,3-5,7-9,11-12,14,19-20H,2,6,10,13H2/t14-,19-,20+/m0/s1. The number of halogens is 4. The predicted molar refractivity (Wildman–Crippen MR) is 113 cm³/mol. The Kier molecular flexibility index (Phi) is 5.66. The Morgan fingerprint density at radius 1 is 1.06 bits per heavy atom. The average Bonchev–Trinajstić information content (AvgIpc) is 2.84. The molecule has 1 aromatic carbocycles. The number of aromatic nitrogens is 3. The number of alkyl halides is 3. The van der Waals surface area contributed by atoms with Crippen molar-refractivity contribution in [1.82, 2.24) is 19.9 Å². The smallest absolute Gasteiger partial charge is 0.417 e. The van der Waals surface area contributed by atoms with E-state index in [0.29, 0.717) is 30.8 Å². The van der Waals surface area contributed by atoms with Gasteiger partial charge in [0.05, 0.1) is 17.2 Å². The zero-order valence-electron chi connectivity index (χ0n) is 17.9. The minimum atomic E-state index is -4.48. The lowest BCUT2D eigenvalue weighted by Crippen LogP contribution is -2.59. The van der Waals surface area contributed by atoms with E-state index in [0.717, 1.165) is 18.7 Å². The number of pyridine rings is 1. The molecule has 6 nitrogen and oxygen atoms in total. The normalized spacial score (nSPS) is 22.0. The summed E-state index contributed by atoms with van der Waals surface area (Å²) >= 11 is 0. The molecule has 2 aliphatic heterocycles. The highest BCUT2D eigenvalue weighted by molar-refractivity contribution is 6.00. The van der Waals surface area contributed by atoms with Crippen LogP contribution in [0.1, 0.15) is 35.2 Å². The first-order valence-corrected chi connectivity index (χ1v) is 10.9. The molecule has 3 fully saturated rings. The summed E-state index contributed by atoms with van der Waals surface area (Å²) in [6.07, 6.45) is 1.16. The van der Waals surface area contributed by atoms with Gasteiger partial charge in [0, 0.05) is 36.8 Å². The van der Waals surface area contributed by atoms with Crippen molar-refractivity contribution in [2.45, 2.75) is 37.6 Å². The van der Waals surface area contributed by atoms with Crippen LogP contribution in [0.25, 0.3) is 11.4 Å². The Morgan fingerprint density at radius 3 is 2.53 bits per heavy atom. The van der Waals surface area contributed by atoms with Crippen molar-refractivity contribution in [3.05, 3.63) is 71.9 Å².